The molecule has 0 bridgehead atoms. The quantitative estimate of drug-likeness (QED) is 0.868. The summed E-state index contributed by atoms with van der Waals surface area (Å²) in [6, 6.07) is 0.707. The molecule has 0 radical (unpaired) electrons. The van der Waals surface area contributed by atoms with Crippen molar-refractivity contribution in [1.82, 2.24) is 15.3 Å². The van der Waals surface area contributed by atoms with E-state index in [1.165, 1.54) is 12.8 Å². The minimum atomic E-state index is 0.323. The van der Waals surface area contributed by atoms with Crippen LogP contribution in [-0.4, -0.2) is 41.8 Å². The number of aromatic nitrogens is 2. The summed E-state index contributed by atoms with van der Waals surface area (Å²) in [7, 11) is 0. The van der Waals surface area contributed by atoms with Gasteiger partial charge in [0.1, 0.15) is 5.82 Å². The largest absolute Gasteiger partial charge is 0.375 e. The van der Waals surface area contributed by atoms with Crippen LogP contribution in [-0.2, 0) is 11.3 Å². The van der Waals surface area contributed by atoms with E-state index < -0.39 is 0 Å². The molecule has 1 aromatic rings. The van der Waals surface area contributed by atoms with Crippen LogP contribution in [0.3, 0.4) is 0 Å². The molecule has 3 rings (SSSR count). The molecule has 1 saturated heterocycles. The maximum atomic E-state index is 5.69. The molecule has 1 N–H and O–H groups in total. The molecule has 2 fully saturated rings. The molecule has 2 heterocycles. The topological polar surface area (TPSA) is 50.3 Å². The lowest BCUT2D eigenvalue weighted by Crippen LogP contribution is -2.42. The molecule has 0 amide bonds. The zero-order valence-electron chi connectivity index (χ0n) is 11.5. The SMILES string of the molecule is CCC1CN(c2cncc(CNC3CC3)n2)CCO1. The molecule has 1 aliphatic heterocycles. The van der Waals surface area contributed by atoms with Crippen LogP contribution in [0.15, 0.2) is 12.4 Å². The second kappa shape index (κ2) is 5.84. The first-order chi connectivity index (χ1) is 9.35. The molecule has 1 aliphatic carbocycles. The number of anilines is 1. The smallest absolute Gasteiger partial charge is 0.147 e. The average molecular weight is 262 g/mol. The summed E-state index contributed by atoms with van der Waals surface area (Å²) in [6.07, 6.45) is 7.69. The monoisotopic (exact) mass is 262 g/mol. The molecule has 5 heteroatoms. The first-order valence-electron chi connectivity index (χ1n) is 7.26. The Kier molecular flexibility index (Phi) is 3.94. The molecule has 0 spiro atoms. The molecule has 1 saturated carbocycles. The fourth-order valence-electron chi connectivity index (χ4n) is 2.34. The van der Waals surface area contributed by atoms with Gasteiger partial charge in [0.2, 0.25) is 0 Å². The summed E-state index contributed by atoms with van der Waals surface area (Å²) in [5.41, 5.74) is 1.03. The number of rotatable bonds is 5. The minimum Gasteiger partial charge on any atom is -0.375 e. The molecule has 104 valence electrons. The van der Waals surface area contributed by atoms with Gasteiger partial charge in [-0.25, -0.2) is 4.98 Å². The maximum absolute atomic E-state index is 5.69. The molecular formula is C14H22N4O. The van der Waals surface area contributed by atoms with E-state index in [2.05, 4.69) is 22.1 Å². The Labute approximate surface area is 114 Å². The van der Waals surface area contributed by atoms with Gasteiger partial charge in [-0.3, -0.25) is 4.98 Å². The first kappa shape index (κ1) is 12.8. The van der Waals surface area contributed by atoms with Crippen molar-refractivity contribution in [2.45, 2.75) is 44.9 Å². The van der Waals surface area contributed by atoms with Crippen LogP contribution in [0.2, 0.25) is 0 Å². The summed E-state index contributed by atoms with van der Waals surface area (Å²) in [5, 5.41) is 3.48. The maximum Gasteiger partial charge on any atom is 0.147 e. The van der Waals surface area contributed by atoms with Crippen molar-refractivity contribution >= 4 is 5.82 Å². The number of hydrogen-bond acceptors (Lipinski definition) is 5. The van der Waals surface area contributed by atoms with Crippen LogP contribution in [0.4, 0.5) is 5.82 Å². The Morgan fingerprint density at radius 1 is 1.42 bits per heavy atom. The number of hydrogen-bond donors (Lipinski definition) is 1. The van der Waals surface area contributed by atoms with E-state index in [0.717, 1.165) is 44.2 Å². The van der Waals surface area contributed by atoms with Crippen molar-refractivity contribution in [1.29, 1.82) is 0 Å². The van der Waals surface area contributed by atoms with Gasteiger partial charge in [-0.15, -0.1) is 0 Å². The lowest BCUT2D eigenvalue weighted by Gasteiger charge is -2.33. The van der Waals surface area contributed by atoms with Gasteiger partial charge in [-0.2, -0.15) is 0 Å². The van der Waals surface area contributed by atoms with E-state index in [0.29, 0.717) is 12.1 Å². The Hall–Kier alpha value is -1.20. The third-order valence-electron chi connectivity index (χ3n) is 3.74. The van der Waals surface area contributed by atoms with Crippen LogP contribution in [0.25, 0.3) is 0 Å². The van der Waals surface area contributed by atoms with E-state index in [1.807, 2.05) is 12.4 Å². The molecule has 1 atom stereocenters. The van der Waals surface area contributed by atoms with Gasteiger partial charge in [0.05, 0.1) is 24.6 Å². The van der Waals surface area contributed by atoms with Crippen molar-refractivity contribution < 1.29 is 4.74 Å². The van der Waals surface area contributed by atoms with Crippen LogP contribution >= 0.6 is 0 Å². The van der Waals surface area contributed by atoms with Gasteiger partial charge >= 0.3 is 0 Å². The summed E-state index contributed by atoms with van der Waals surface area (Å²) in [5.74, 6) is 0.983. The van der Waals surface area contributed by atoms with Crippen LogP contribution in [0.1, 0.15) is 31.9 Å². The fourth-order valence-corrected chi connectivity index (χ4v) is 2.34. The Bertz CT molecular complexity index is 422. The van der Waals surface area contributed by atoms with E-state index in [1.54, 1.807) is 0 Å². The normalized spacial score (nSPS) is 23.6. The number of nitrogens with zero attached hydrogens (tertiary/aromatic N) is 3. The zero-order valence-corrected chi connectivity index (χ0v) is 11.5. The van der Waals surface area contributed by atoms with E-state index in [-0.39, 0.29) is 0 Å². The predicted molar refractivity (Wildman–Crippen MR) is 74.1 cm³/mol. The molecule has 2 aliphatic rings. The van der Waals surface area contributed by atoms with Crippen molar-refractivity contribution in [3.63, 3.8) is 0 Å². The lowest BCUT2D eigenvalue weighted by molar-refractivity contribution is 0.0381. The van der Waals surface area contributed by atoms with Gasteiger partial charge in [-0.1, -0.05) is 6.92 Å². The van der Waals surface area contributed by atoms with E-state index in [4.69, 9.17) is 9.72 Å². The van der Waals surface area contributed by atoms with Crippen LogP contribution in [0.5, 0.6) is 0 Å². The molecule has 1 unspecified atom stereocenters. The third kappa shape index (κ3) is 3.42. The third-order valence-corrected chi connectivity index (χ3v) is 3.74. The van der Waals surface area contributed by atoms with Crippen molar-refractivity contribution in [2.24, 2.45) is 0 Å². The highest BCUT2D eigenvalue weighted by Crippen LogP contribution is 2.20. The van der Waals surface area contributed by atoms with Crippen molar-refractivity contribution in [2.75, 3.05) is 24.6 Å². The number of ether oxygens (including phenoxy) is 1. The summed E-state index contributed by atoms with van der Waals surface area (Å²) >= 11 is 0. The summed E-state index contributed by atoms with van der Waals surface area (Å²) in [6.45, 7) is 5.60. The summed E-state index contributed by atoms with van der Waals surface area (Å²) in [4.78, 5) is 11.3. The second-order valence-corrected chi connectivity index (χ2v) is 5.37. The number of morpholine rings is 1. The molecule has 19 heavy (non-hydrogen) atoms. The first-order valence-corrected chi connectivity index (χ1v) is 7.26. The Morgan fingerprint density at radius 3 is 3.11 bits per heavy atom. The van der Waals surface area contributed by atoms with Gasteiger partial charge in [0.25, 0.3) is 0 Å². The number of nitrogens with one attached hydrogen (secondary N) is 1. The molecule has 1 aromatic heterocycles. The van der Waals surface area contributed by atoms with Gasteiger partial charge in [0, 0.05) is 31.9 Å². The highest BCUT2D eigenvalue weighted by Gasteiger charge is 2.22. The van der Waals surface area contributed by atoms with Crippen LogP contribution < -0.4 is 10.2 Å². The van der Waals surface area contributed by atoms with Gasteiger partial charge in [-0.05, 0) is 19.3 Å². The summed E-state index contributed by atoms with van der Waals surface area (Å²) < 4.78 is 5.69. The Morgan fingerprint density at radius 2 is 2.32 bits per heavy atom. The van der Waals surface area contributed by atoms with E-state index in [9.17, 15) is 0 Å². The predicted octanol–water partition coefficient (Wildman–Crippen LogP) is 1.34. The van der Waals surface area contributed by atoms with Gasteiger partial charge in [0.15, 0.2) is 0 Å². The molecule has 0 aromatic carbocycles. The highest BCUT2D eigenvalue weighted by atomic mass is 16.5. The van der Waals surface area contributed by atoms with E-state index >= 15 is 0 Å². The van der Waals surface area contributed by atoms with Crippen LogP contribution in [0, 0.1) is 0 Å². The highest BCUT2D eigenvalue weighted by molar-refractivity contribution is 5.37. The minimum absolute atomic E-state index is 0.323. The fraction of sp³-hybridized carbons (Fsp3) is 0.714. The Balaban J connectivity index is 1.63. The average Bonchev–Trinajstić information content (AvgIpc) is 3.30. The second-order valence-electron chi connectivity index (χ2n) is 5.37. The van der Waals surface area contributed by atoms with Crippen molar-refractivity contribution in [3.8, 4) is 0 Å². The standard InChI is InChI=1S/C14H22N4O/c1-2-13-10-18(5-6-19-13)14-9-15-7-12(17-14)8-16-11-3-4-11/h7,9,11,13,16H,2-6,8,10H2,1H3. The van der Waals surface area contributed by atoms with Crippen molar-refractivity contribution in [3.05, 3.63) is 18.1 Å². The van der Waals surface area contributed by atoms with Gasteiger partial charge < -0.3 is 15.0 Å². The zero-order chi connectivity index (χ0) is 13.1. The molecular weight excluding hydrogens is 240 g/mol. The lowest BCUT2D eigenvalue weighted by atomic mass is 10.2. The molecule has 5 nitrogen and oxygen atoms in total.